The smallest absolute Gasteiger partial charge is 0.273 e. The second-order valence-corrected chi connectivity index (χ2v) is 11.8. The van der Waals surface area contributed by atoms with Crippen LogP contribution in [0.3, 0.4) is 0 Å². The molecular formula is C29H33ClN4O8S. The Kier molecular flexibility index (Phi) is 11.0. The molecule has 1 atom stereocenters. The molecule has 0 saturated heterocycles. The van der Waals surface area contributed by atoms with E-state index in [1.165, 1.54) is 63.3 Å². The minimum atomic E-state index is -4.62. The van der Waals surface area contributed by atoms with Crippen molar-refractivity contribution in [3.8, 4) is 11.5 Å². The fraction of sp³-hybridized carbons (Fsp3) is 0.310. The van der Waals surface area contributed by atoms with E-state index in [9.17, 15) is 28.1 Å². The number of nitrogens with one attached hydrogen (secondary N) is 1. The highest BCUT2D eigenvalue weighted by molar-refractivity contribution is 7.92. The van der Waals surface area contributed by atoms with E-state index in [4.69, 9.17) is 21.1 Å². The SMILES string of the molecule is CCNC(=O)[C@@H](C)N(Cc1ccc(OC)cc1)C(=O)CN(c1cc(Cl)ccc1OC)S(=O)(=O)c1ccc(C)c([N+](=O)[O-])c1. The van der Waals surface area contributed by atoms with Crippen LogP contribution in [-0.4, -0.2) is 63.4 Å². The number of anilines is 1. The molecule has 14 heteroatoms. The Labute approximate surface area is 255 Å². The average molecular weight is 633 g/mol. The van der Waals surface area contributed by atoms with Crippen molar-refractivity contribution >= 4 is 44.8 Å². The molecule has 0 fully saturated rings. The normalized spacial score (nSPS) is 11.8. The first-order chi connectivity index (χ1) is 20.3. The van der Waals surface area contributed by atoms with Gasteiger partial charge in [0.25, 0.3) is 15.7 Å². The van der Waals surface area contributed by atoms with Crippen LogP contribution in [0.4, 0.5) is 11.4 Å². The zero-order valence-corrected chi connectivity index (χ0v) is 25.9. The summed E-state index contributed by atoms with van der Waals surface area (Å²) < 4.78 is 39.6. The third-order valence-corrected chi connectivity index (χ3v) is 8.67. The van der Waals surface area contributed by atoms with Crippen molar-refractivity contribution in [1.82, 2.24) is 10.2 Å². The highest BCUT2D eigenvalue weighted by Gasteiger charge is 2.34. The van der Waals surface area contributed by atoms with Crippen molar-refractivity contribution in [2.24, 2.45) is 0 Å². The summed E-state index contributed by atoms with van der Waals surface area (Å²) in [6.45, 7) is 4.27. The predicted octanol–water partition coefficient (Wildman–Crippen LogP) is 4.32. The van der Waals surface area contributed by atoms with Gasteiger partial charge in [-0.25, -0.2) is 8.42 Å². The number of methoxy groups -OCH3 is 2. The Morgan fingerprint density at radius 2 is 1.72 bits per heavy atom. The number of nitro groups is 1. The number of amides is 2. The van der Waals surface area contributed by atoms with Gasteiger partial charge >= 0.3 is 0 Å². The minimum absolute atomic E-state index is 0.0301. The Bertz CT molecular complexity index is 1600. The lowest BCUT2D eigenvalue weighted by Gasteiger charge is -2.32. The number of aryl methyl sites for hydroxylation is 1. The molecule has 0 aliphatic heterocycles. The molecule has 0 heterocycles. The molecular weight excluding hydrogens is 600 g/mol. The highest BCUT2D eigenvalue weighted by Crippen LogP contribution is 2.36. The number of carbonyl (C=O) groups is 2. The number of benzene rings is 3. The molecule has 0 aliphatic carbocycles. The zero-order chi connectivity index (χ0) is 31.9. The maximum absolute atomic E-state index is 14.1. The van der Waals surface area contributed by atoms with Crippen molar-refractivity contribution in [1.29, 1.82) is 0 Å². The van der Waals surface area contributed by atoms with Gasteiger partial charge < -0.3 is 19.7 Å². The second kappa shape index (κ2) is 14.2. The fourth-order valence-electron chi connectivity index (χ4n) is 4.28. The van der Waals surface area contributed by atoms with E-state index in [0.717, 1.165) is 10.4 Å². The van der Waals surface area contributed by atoms with E-state index in [1.807, 2.05) is 0 Å². The van der Waals surface area contributed by atoms with Crippen LogP contribution >= 0.6 is 11.6 Å². The summed E-state index contributed by atoms with van der Waals surface area (Å²) >= 11 is 6.23. The topological polar surface area (TPSA) is 148 Å². The number of rotatable bonds is 13. The van der Waals surface area contributed by atoms with Crippen LogP contribution in [0.15, 0.2) is 65.6 Å². The van der Waals surface area contributed by atoms with E-state index in [1.54, 1.807) is 31.2 Å². The van der Waals surface area contributed by atoms with Gasteiger partial charge in [-0.3, -0.25) is 24.0 Å². The number of hydrogen-bond donors (Lipinski definition) is 1. The van der Waals surface area contributed by atoms with Crippen molar-refractivity contribution in [2.45, 2.75) is 38.3 Å². The van der Waals surface area contributed by atoms with Crippen LogP contribution in [0.25, 0.3) is 0 Å². The fourth-order valence-corrected chi connectivity index (χ4v) is 5.88. The van der Waals surface area contributed by atoms with E-state index < -0.39 is 49.9 Å². The first-order valence-corrected chi connectivity index (χ1v) is 15.0. The molecule has 0 spiro atoms. The van der Waals surface area contributed by atoms with Gasteiger partial charge in [-0.1, -0.05) is 29.8 Å². The third kappa shape index (κ3) is 7.73. The Morgan fingerprint density at radius 3 is 2.30 bits per heavy atom. The van der Waals surface area contributed by atoms with Crippen LogP contribution in [0, 0.1) is 17.0 Å². The molecule has 230 valence electrons. The standard InChI is InChI=1S/C29H33ClN4O8S/c1-6-31-29(36)20(3)32(17-21-8-11-23(41-4)12-9-21)28(35)18-33(26-15-22(30)10-14-27(26)42-5)43(39,40)24-13-7-19(2)25(16-24)34(37)38/h7-16,20H,6,17-18H2,1-5H3,(H,31,36)/t20-/m1/s1. The maximum Gasteiger partial charge on any atom is 0.273 e. The molecule has 43 heavy (non-hydrogen) atoms. The molecule has 0 aliphatic rings. The lowest BCUT2D eigenvalue weighted by Crippen LogP contribution is -2.51. The van der Waals surface area contributed by atoms with Crippen molar-refractivity contribution in [3.05, 3.63) is 86.9 Å². The maximum atomic E-state index is 14.1. The summed E-state index contributed by atoms with van der Waals surface area (Å²) in [5, 5.41) is 14.5. The van der Waals surface area contributed by atoms with Gasteiger partial charge in [0.1, 0.15) is 24.1 Å². The molecule has 0 bridgehead atoms. The first kappa shape index (κ1) is 33.1. The lowest BCUT2D eigenvalue weighted by molar-refractivity contribution is -0.385. The zero-order valence-electron chi connectivity index (χ0n) is 24.4. The summed E-state index contributed by atoms with van der Waals surface area (Å²) in [5.41, 5.74) is 0.445. The number of ether oxygens (including phenoxy) is 2. The first-order valence-electron chi connectivity index (χ1n) is 13.1. The summed E-state index contributed by atoms with van der Waals surface area (Å²) in [5.74, 6) is -0.480. The number of nitrogens with zero attached hydrogens (tertiary/aromatic N) is 3. The number of carbonyl (C=O) groups excluding carboxylic acids is 2. The monoisotopic (exact) mass is 632 g/mol. The largest absolute Gasteiger partial charge is 0.497 e. The Balaban J connectivity index is 2.15. The summed E-state index contributed by atoms with van der Waals surface area (Å²) in [6.07, 6.45) is 0. The Morgan fingerprint density at radius 1 is 1.05 bits per heavy atom. The molecule has 3 aromatic rings. The van der Waals surface area contributed by atoms with E-state index in [-0.39, 0.29) is 28.6 Å². The summed E-state index contributed by atoms with van der Waals surface area (Å²) in [6, 6.07) is 13.6. The van der Waals surface area contributed by atoms with Gasteiger partial charge in [0, 0.05) is 29.7 Å². The summed E-state index contributed by atoms with van der Waals surface area (Å²) in [7, 11) is -1.78. The van der Waals surface area contributed by atoms with Crippen LogP contribution in [0.2, 0.25) is 5.02 Å². The quantitative estimate of drug-likeness (QED) is 0.216. The van der Waals surface area contributed by atoms with Gasteiger partial charge in [0.15, 0.2) is 0 Å². The molecule has 2 amide bonds. The van der Waals surface area contributed by atoms with Crippen LogP contribution in [-0.2, 0) is 26.2 Å². The predicted molar refractivity (Wildman–Crippen MR) is 162 cm³/mol. The van der Waals surface area contributed by atoms with Crippen molar-refractivity contribution < 1.29 is 32.4 Å². The van der Waals surface area contributed by atoms with Gasteiger partial charge in [0.2, 0.25) is 11.8 Å². The summed E-state index contributed by atoms with van der Waals surface area (Å²) in [4.78, 5) is 38.7. The highest BCUT2D eigenvalue weighted by atomic mass is 35.5. The van der Waals surface area contributed by atoms with Crippen molar-refractivity contribution in [2.75, 3.05) is 31.6 Å². The average Bonchev–Trinajstić information content (AvgIpc) is 2.98. The minimum Gasteiger partial charge on any atom is -0.497 e. The Hall–Kier alpha value is -4.36. The van der Waals surface area contributed by atoms with Crippen LogP contribution in [0.1, 0.15) is 25.0 Å². The molecule has 0 saturated carbocycles. The molecule has 0 radical (unpaired) electrons. The number of sulfonamides is 1. The number of likely N-dealkylation sites (N-methyl/N-ethyl adjacent to an activating group) is 1. The number of nitro benzene ring substituents is 1. The second-order valence-electron chi connectivity index (χ2n) is 9.47. The molecule has 3 aromatic carbocycles. The molecule has 0 aromatic heterocycles. The molecule has 3 rings (SSSR count). The van der Waals surface area contributed by atoms with Crippen LogP contribution in [0.5, 0.6) is 11.5 Å². The van der Waals surface area contributed by atoms with Crippen LogP contribution < -0.4 is 19.1 Å². The van der Waals surface area contributed by atoms with Gasteiger partial charge in [0.05, 0.1) is 29.7 Å². The van der Waals surface area contributed by atoms with Gasteiger partial charge in [-0.05, 0) is 62.7 Å². The lowest BCUT2D eigenvalue weighted by atomic mass is 10.1. The van der Waals surface area contributed by atoms with Gasteiger partial charge in [-0.2, -0.15) is 0 Å². The number of halogens is 1. The third-order valence-electron chi connectivity index (χ3n) is 6.68. The van der Waals surface area contributed by atoms with Crippen molar-refractivity contribution in [3.63, 3.8) is 0 Å². The molecule has 1 N–H and O–H groups in total. The van der Waals surface area contributed by atoms with E-state index in [0.29, 0.717) is 17.9 Å². The van der Waals surface area contributed by atoms with E-state index in [2.05, 4.69) is 5.32 Å². The number of hydrogen-bond acceptors (Lipinski definition) is 8. The van der Waals surface area contributed by atoms with E-state index >= 15 is 0 Å². The molecule has 12 nitrogen and oxygen atoms in total. The molecule has 0 unspecified atom stereocenters. The van der Waals surface area contributed by atoms with Gasteiger partial charge in [-0.15, -0.1) is 0 Å².